The summed E-state index contributed by atoms with van der Waals surface area (Å²) in [4.78, 5) is 0. The van der Waals surface area contributed by atoms with Gasteiger partial charge in [0.15, 0.2) is 0 Å². The van der Waals surface area contributed by atoms with Gasteiger partial charge < -0.3 is 22.9 Å². The van der Waals surface area contributed by atoms with E-state index in [1.165, 1.54) is 0 Å². The van der Waals surface area contributed by atoms with E-state index in [2.05, 4.69) is 0 Å². The van der Waals surface area contributed by atoms with Crippen molar-refractivity contribution in [3.63, 3.8) is 0 Å². The number of anilines is 4. The van der Waals surface area contributed by atoms with Gasteiger partial charge in [0, 0.05) is 22.7 Å². The molecule has 0 fully saturated rings. The largest absolute Gasteiger partial charge is 0.399 e. The van der Waals surface area contributed by atoms with Gasteiger partial charge in [-0.05, 0) is 70.8 Å². The van der Waals surface area contributed by atoms with Gasteiger partial charge in [0.25, 0.3) is 0 Å². The molecule has 0 bridgehead atoms. The summed E-state index contributed by atoms with van der Waals surface area (Å²) in [7, 11) is 0. The van der Waals surface area contributed by atoms with E-state index in [0.29, 0.717) is 0 Å². The molecule has 0 aliphatic rings. The molecule has 0 aromatic heterocycles. The summed E-state index contributed by atoms with van der Waals surface area (Å²) in [5.41, 5.74) is 30.2. The van der Waals surface area contributed by atoms with Crippen molar-refractivity contribution in [3.05, 3.63) is 97.1 Å². The van der Waals surface area contributed by atoms with Gasteiger partial charge in [0.1, 0.15) is 0 Å². The van der Waals surface area contributed by atoms with Gasteiger partial charge in [-0.2, -0.15) is 0 Å². The first kappa shape index (κ1) is 18.9. The van der Waals surface area contributed by atoms with E-state index in [-0.39, 0.29) is 0 Å². The number of hydrogen-bond donors (Lipinski definition) is 4. The van der Waals surface area contributed by atoms with Gasteiger partial charge in [-0.3, -0.25) is 0 Å². The molecule has 4 heteroatoms. The Morgan fingerprint density at radius 1 is 0.321 bits per heavy atom. The number of nitrogen functional groups attached to an aromatic ring is 4. The Hall–Kier alpha value is -3.92. The highest BCUT2D eigenvalue weighted by Crippen LogP contribution is 2.23. The van der Waals surface area contributed by atoms with Gasteiger partial charge in [-0.25, -0.2) is 0 Å². The summed E-state index contributed by atoms with van der Waals surface area (Å²) in [5, 5.41) is 0. The first-order valence-electron chi connectivity index (χ1n) is 8.94. The van der Waals surface area contributed by atoms with Crippen molar-refractivity contribution < 1.29 is 0 Å². The van der Waals surface area contributed by atoms with E-state index in [1.807, 2.05) is 97.1 Å². The molecule has 28 heavy (non-hydrogen) atoms. The second-order valence-corrected chi connectivity index (χ2v) is 6.50. The van der Waals surface area contributed by atoms with Gasteiger partial charge in [-0.1, -0.05) is 48.5 Å². The molecule has 0 aliphatic carbocycles. The lowest BCUT2D eigenvalue weighted by Gasteiger charge is -2.03. The van der Waals surface area contributed by atoms with Crippen molar-refractivity contribution in [3.8, 4) is 22.3 Å². The van der Waals surface area contributed by atoms with Crippen LogP contribution in [0.3, 0.4) is 0 Å². The third kappa shape index (κ3) is 5.05. The highest BCUT2D eigenvalue weighted by Gasteiger charge is 1.98. The maximum Gasteiger partial charge on any atom is 0.0320 e. The zero-order valence-electron chi connectivity index (χ0n) is 15.5. The number of hydrogen-bond acceptors (Lipinski definition) is 4. The lowest BCUT2D eigenvalue weighted by atomic mass is 10.0. The monoisotopic (exact) mass is 368 g/mol. The molecular formula is C24H24N4. The molecule has 0 unspecified atom stereocenters. The maximum absolute atomic E-state index is 5.70. The smallest absolute Gasteiger partial charge is 0.0320 e. The molecule has 0 saturated heterocycles. The first-order chi connectivity index (χ1) is 13.5. The first-order valence-corrected chi connectivity index (χ1v) is 8.94. The second-order valence-electron chi connectivity index (χ2n) is 6.50. The fourth-order valence-electron chi connectivity index (χ4n) is 2.83. The van der Waals surface area contributed by atoms with Crippen molar-refractivity contribution in [1.82, 2.24) is 0 Å². The molecular weight excluding hydrogens is 344 g/mol. The highest BCUT2D eigenvalue weighted by molar-refractivity contribution is 5.70. The van der Waals surface area contributed by atoms with Gasteiger partial charge >= 0.3 is 0 Å². The molecule has 0 spiro atoms. The average molecular weight is 368 g/mol. The van der Waals surface area contributed by atoms with Crippen molar-refractivity contribution >= 4 is 22.7 Å². The fourth-order valence-corrected chi connectivity index (χ4v) is 2.83. The van der Waals surface area contributed by atoms with Crippen molar-refractivity contribution in [2.75, 3.05) is 22.9 Å². The standard InChI is InChI=1S/2C12H12N2/c13-11-5-1-3-9(7-11)10-4-2-6-12(14)8-10;13-11-6-4-9(5-7-11)10-2-1-3-12(14)8-10/h2*1-8H,13-14H2. The van der Waals surface area contributed by atoms with Crippen LogP contribution in [0, 0.1) is 0 Å². The number of benzene rings is 4. The van der Waals surface area contributed by atoms with Crippen LogP contribution < -0.4 is 22.9 Å². The summed E-state index contributed by atoms with van der Waals surface area (Å²) >= 11 is 0. The minimum absolute atomic E-state index is 0.768. The molecule has 4 nitrogen and oxygen atoms in total. The minimum atomic E-state index is 0.768. The highest BCUT2D eigenvalue weighted by atomic mass is 14.6. The molecule has 4 aromatic rings. The van der Waals surface area contributed by atoms with Crippen LogP contribution in [0.25, 0.3) is 22.3 Å². The van der Waals surface area contributed by atoms with Crippen LogP contribution >= 0.6 is 0 Å². The maximum atomic E-state index is 5.70. The summed E-state index contributed by atoms with van der Waals surface area (Å²) < 4.78 is 0. The average Bonchev–Trinajstić information content (AvgIpc) is 2.69. The zero-order valence-corrected chi connectivity index (χ0v) is 15.5. The van der Waals surface area contributed by atoms with E-state index in [1.54, 1.807) is 0 Å². The third-order valence-corrected chi connectivity index (χ3v) is 4.24. The van der Waals surface area contributed by atoms with Gasteiger partial charge in [0.05, 0.1) is 0 Å². The predicted molar refractivity (Wildman–Crippen MR) is 121 cm³/mol. The molecule has 140 valence electrons. The molecule has 0 amide bonds. The van der Waals surface area contributed by atoms with E-state index >= 15 is 0 Å². The molecule has 0 aliphatic heterocycles. The van der Waals surface area contributed by atoms with E-state index in [0.717, 1.165) is 45.0 Å². The van der Waals surface area contributed by atoms with Crippen LogP contribution in [0.2, 0.25) is 0 Å². The molecule has 0 radical (unpaired) electrons. The van der Waals surface area contributed by atoms with Crippen LogP contribution in [0.15, 0.2) is 97.1 Å². The summed E-state index contributed by atoms with van der Waals surface area (Å²) in [6.45, 7) is 0. The van der Waals surface area contributed by atoms with Crippen LogP contribution in [0.5, 0.6) is 0 Å². The van der Waals surface area contributed by atoms with E-state index in [4.69, 9.17) is 22.9 Å². The van der Waals surface area contributed by atoms with Crippen molar-refractivity contribution in [2.45, 2.75) is 0 Å². The van der Waals surface area contributed by atoms with Crippen LogP contribution in [-0.2, 0) is 0 Å². The molecule has 4 rings (SSSR count). The quantitative estimate of drug-likeness (QED) is 0.372. The topological polar surface area (TPSA) is 104 Å². The SMILES string of the molecule is Nc1ccc(-c2cccc(N)c2)cc1.Nc1cccc(-c2cccc(N)c2)c1. The lowest BCUT2D eigenvalue weighted by Crippen LogP contribution is -1.87. The zero-order chi connectivity index (χ0) is 19.9. The Balaban J connectivity index is 0.000000161. The van der Waals surface area contributed by atoms with Crippen molar-refractivity contribution in [1.29, 1.82) is 0 Å². The number of nitrogens with two attached hydrogens (primary N) is 4. The summed E-state index contributed by atoms with van der Waals surface area (Å²) in [5.74, 6) is 0. The third-order valence-electron chi connectivity index (χ3n) is 4.24. The fraction of sp³-hybridized carbons (Fsp3) is 0. The lowest BCUT2D eigenvalue weighted by molar-refractivity contribution is 1.61. The van der Waals surface area contributed by atoms with Gasteiger partial charge in [-0.15, -0.1) is 0 Å². The summed E-state index contributed by atoms with van der Waals surface area (Å²) in [6.07, 6.45) is 0. The number of rotatable bonds is 2. The Bertz CT molecular complexity index is 1010. The molecule has 0 saturated carbocycles. The van der Waals surface area contributed by atoms with E-state index in [9.17, 15) is 0 Å². The molecule has 0 heterocycles. The molecule has 0 atom stereocenters. The second kappa shape index (κ2) is 8.64. The Labute approximate surface area is 165 Å². The Morgan fingerprint density at radius 3 is 1.04 bits per heavy atom. The van der Waals surface area contributed by atoms with E-state index < -0.39 is 0 Å². The van der Waals surface area contributed by atoms with Crippen molar-refractivity contribution in [2.24, 2.45) is 0 Å². The Morgan fingerprint density at radius 2 is 0.679 bits per heavy atom. The molecule has 8 N–H and O–H groups in total. The minimum Gasteiger partial charge on any atom is -0.399 e. The normalized spacial score (nSPS) is 10.0. The molecule has 4 aromatic carbocycles. The van der Waals surface area contributed by atoms with Crippen LogP contribution in [0.1, 0.15) is 0 Å². The summed E-state index contributed by atoms with van der Waals surface area (Å²) in [6, 6.07) is 31.1. The Kier molecular flexibility index (Phi) is 5.82. The van der Waals surface area contributed by atoms with Gasteiger partial charge in [0.2, 0.25) is 0 Å². The van der Waals surface area contributed by atoms with Crippen LogP contribution in [0.4, 0.5) is 22.7 Å². The van der Waals surface area contributed by atoms with Crippen LogP contribution in [-0.4, -0.2) is 0 Å². The predicted octanol–water partition coefficient (Wildman–Crippen LogP) is 5.04.